The molecule has 0 aliphatic carbocycles. The van der Waals surface area contributed by atoms with E-state index >= 15 is 0 Å². The number of carbonyl (C=O) groups excluding carboxylic acids is 1. The topological polar surface area (TPSA) is 97.6 Å². The molecule has 1 aromatic heterocycles. The van der Waals surface area contributed by atoms with Gasteiger partial charge in [0.05, 0.1) is 41.7 Å². The summed E-state index contributed by atoms with van der Waals surface area (Å²) >= 11 is 1.25. The number of allylic oxidation sites excluding steroid dienone is 1. The minimum Gasteiger partial charge on any atom is -0.493 e. The highest BCUT2D eigenvalue weighted by atomic mass is 32.1. The van der Waals surface area contributed by atoms with Crippen LogP contribution in [0.2, 0.25) is 0 Å². The van der Waals surface area contributed by atoms with Crippen LogP contribution in [0.15, 0.2) is 57.5 Å². The van der Waals surface area contributed by atoms with Crippen LogP contribution in [0.5, 0.6) is 23.0 Å². The molecule has 0 radical (unpaired) electrons. The van der Waals surface area contributed by atoms with Crippen molar-refractivity contribution >= 4 is 23.4 Å². The number of nitrogens with zero attached hydrogens (tertiary/aromatic N) is 2. The zero-order valence-corrected chi connectivity index (χ0v) is 22.6. The van der Waals surface area contributed by atoms with Crippen molar-refractivity contribution in [3.05, 3.63) is 78.5 Å². The summed E-state index contributed by atoms with van der Waals surface area (Å²) in [5.74, 6) is 1.83. The van der Waals surface area contributed by atoms with Crippen molar-refractivity contribution in [2.45, 2.75) is 39.8 Å². The van der Waals surface area contributed by atoms with E-state index in [0.717, 1.165) is 5.56 Å². The lowest BCUT2D eigenvalue weighted by Gasteiger charge is -2.25. The predicted octanol–water partition coefficient (Wildman–Crippen LogP) is 3.32. The lowest BCUT2D eigenvalue weighted by atomic mass is 9.95. The first kappa shape index (κ1) is 25.6. The molecule has 5 rings (SSSR count). The standard InChI is InChI=1S/C28H28N2O7S/c1-6-34-27(32)24-16(4)29-28-30(25(24)18-8-10-20(37-15(2)3)21(13-18)33-5)26(31)23(38-28)12-17-7-9-19-22(11-17)36-14-35-19/h7-13,15,25H,6,14H2,1-5H3/b23-12-/t25-/m1/s1. The Morgan fingerprint density at radius 3 is 2.71 bits per heavy atom. The number of hydrogen-bond acceptors (Lipinski definition) is 9. The highest BCUT2D eigenvalue weighted by Crippen LogP contribution is 2.37. The molecule has 0 saturated carbocycles. The first-order chi connectivity index (χ1) is 18.3. The summed E-state index contributed by atoms with van der Waals surface area (Å²) in [6.45, 7) is 7.71. The zero-order chi connectivity index (χ0) is 27.0. The van der Waals surface area contributed by atoms with Gasteiger partial charge in [0.25, 0.3) is 5.56 Å². The van der Waals surface area contributed by atoms with Gasteiger partial charge in [-0.25, -0.2) is 9.79 Å². The Balaban J connectivity index is 1.68. The van der Waals surface area contributed by atoms with Gasteiger partial charge in [-0.05, 0) is 69.2 Å². The van der Waals surface area contributed by atoms with Crippen LogP contribution >= 0.6 is 11.3 Å². The Bertz CT molecular complexity index is 1620. The number of benzene rings is 2. The Labute approximate surface area is 223 Å². The Kier molecular flexibility index (Phi) is 6.98. The molecule has 0 fully saturated rings. The molecule has 0 amide bonds. The number of esters is 1. The van der Waals surface area contributed by atoms with Gasteiger partial charge in [-0.3, -0.25) is 9.36 Å². The largest absolute Gasteiger partial charge is 0.493 e. The van der Waals surface area contributed by atoms with Gasteiger partial charge in [0.2, 0.25) is 6.79 Å². The summed E-state index contributed by atoms with van der Waals surface area (Å²) in [7, 11) is 1.55. The van der Waals surface area contributed by atoms with Gasteiger partial charge in [0.1, 0.15) is 0 Å². The second-order valence-corrected chi connectivity index (χ2v) is 10.0. The summed E-state index contributed by atoms with van der Waals surface area (Å²) in [5, 5.41) is 0. The summed E-state index contributed by atoms with van der Waals surface area (Å²) in [4.78, 5) is 32.1. The highest BCUT2D eigenvalue weighted by molar-refractivity contribution is 7.07. The van der Waals surface area contributed by atoms with Crippen LogP contribution in [0.3, 0.4) is 0 Å². The van der Waals surface area contributed by atoms with Crippen LogP contribution < -0.4 is 33.8 Å². The van der Waals surface area contributed by atoms with E-state index in [1.807, 2.05) is 38.1 Å². The van der Waals surface area contributed by atoms with Crippen molar-refractivity contribution in [3.8, 4) is 23.0 Å². The smallest absolute Gasteiger partial charge is 0.338 e. The summed E-state index contributed by atoms with van der Waals surface area (Å²) in [6, 6.07) is 10.1. The molecule has 2 aromatic carbocycles. The zero-order valence-electron chi connectivity index (χ0n) is 21.8. The fourth-order valence-electron chi connectivity index (χ4n) is 4.47. The third-order valence-corrected chi connectivity index (χ3v) is 7.06. The maximum absolute atomic E-state index is 13.8. The molecule has 2 aliphatic heterocycles. The predicted molar refractivity (Wildman–Crippen MR) is 142 cm³/mol. The van der Waals surface area contributed by atoms with Gasteiger partial charge in [-0.1, -0.05) is 23.5 Å². The maximum atomic E-state index is 13.8. The van der Waals surface area contributed by atoms with Crippen LogP contribution in [0.4, 0.5) is 0 Å². The Hall–Kier alpha value is -4.05. The molecule has 0 saturated heterocycles. The minimum absolute atomic E-state index is 0.0548. The molecule has 2 aliphatic rings. The number of methoxy groups -OCH3 is 1. The van der Waals surface area contributed by atoms with Crippen LogP contribution in [-0.2, 0) is 9.53 Å². The quantitative estimate of drug-likeness (QED) is 0.428. The number of fused-ring (bicyclic) bond motifs is 2. The van der Waals surface area contributed by atoms with E-state index in [0.29, 0.717) is 49.2 Å². The van der Waals surface area contributed by atoms with Crippen molar-refractivity contribution < 1.29 is 28.5 Å². The van der Waals surface area contributed by atoms with Crippen molar-refractivity contribution in [1.82, 2.24) is 4.57 Å². The molecule has 0 bridgehead atoms. The van der Waals surface area contributed by atoms with Gasteiger partial charge < -0.3 is 23.7 Å². The highest BCUT2D eigenvalue weighted by Gasteiger charge is 2.34. The lowest BCUT2D eigenvalue weighted by molar-refractivity contribution is -0.139. The molecule has 0 unspecified atom stereocenters. The second-order valence-electron chi connectivity index (χ2n) is 8.99. The molecule has 3 aromatic rings. The van der Waals surface area contributed by atoms with Crippen LogP contribution in [0.25, 0.3) is 6.08 Å². The number of aromatic nitrogens is 1. The van der Waals surface area contributed by atoms with E-state index in [2.05, 4.69) is 4.99 Å². The SMILES string of the molecule is CCOC(=O)C1=C(C)N=c2s/c(=C\c3ccc4c(c3)OCO4)c(=O)n2[C@@H]1c1ccc(OC(C)C)c(OC)c1. The van der Waals surface area contributed by atoms with Crippen LogP contribution in [-0.4, -0.2) is 37.1 Å². The average Bonchev–Trinajstić information content (AvgIpc) is 3.47. The molecule has 198 valence electrons. The van der Waals surface area contributed by atoms with E-state index < -0.39 is 12.0 Å². The van der Waals surface area contributed by atoms with Crippen molar-refractivity contribution in [2.24, 2.45) is 4.99 Å². The molecule has 3 heterocycles. The third kappa shape index (κ3) is 4.67. The number of ether oxygens (including phenoxy) is 5. The monoisotopic (exact) mass is 536 g/mol. The summed E-state index contributed by atoms with van der Waals surface area (Å²) in [6.07, 6.45) is 1.73. The molecule has 0 spiro atoms. The molecule has 38 heavy (non-hydrogen) atoms. The van der Waals surface area contributed by atoms with E-state index in [9.17, 15) is 9.59 Å². The van der Waals surface area contributed by atoms with Crippen molar-refractivity contribution in [3.63, 3.8) is 0 Å². The van der Waals surface area contributed by atoms with Gasteiger partial charge in [-0.2, -0.15) is 0 Å². The van der Waals surface area contributed by atoms with E-state index in [1.165, 1.54) is 11.3 Å². The molecule has 0 N–H and O–H groups in total. The Morgan fingerprint density at radius 2 is 1.97 bits per heavy atom. The fourth-order valence-corrected chi connectivity index (χ4v) is 5.51. The minimum atomic E-state index is -0.758. The fraction of sp³-hybridized carbons (Fsp3) is 0.321. The van der Waals surface area contributed by atoms with E-state index in [4.69, 9.17) is 23.7 Å². The van der Waals surface area contributed by atoms with E-state index in [1.54, 1.807) is 43.7 Å². The van der Waals surface area contributed by atoms with Crippen LogP contribution in [0.1, 0.15) is 44.9 Å². The normalized spacial score (nSPS) is 16.4. The number of hydrogen-bond donors (Lipinski definition) is 0. The Morgan fingerprint density at radius 1 is 1.18 bits per heavy atom. The lowest BCUT2D eigenvalue weighted by Crippen LogP contribution is -2.40. The molecular formula is C28H28N2O7S. The van der Waals surface area contributed by atoms with Crippen molar-refractivity contribution in [1.29, 1.82) is 0 Å². The van der Waals surface area contributed by atoms with Crippen LogP contribution in [0, 0.1) is 0 Å². The van der Waals surface area contributed by atoms with Gasteiger partial charge in [0.15, 0.2) is 27.8 Å². The first-order valence-corrected chi connectivity index (χ1v) is 13.1. The summed E-state index contributed by atoms with van der Waals surface area (Å²) < 4.78 is 29.7. The van der Waals surface area contributed by atoms with Gasteiger partial charge in [-0.15, -0.1) is 0 Å². The molecular weight excluding hydrogens is 508 g/mol. The van der Waals surface area contributed by atoms with Crippen molar-refractivity contribution in [2.75, 3.05) is 20.5 Å². The third-order valence-electron chi connectivity index (χ3n) is 6.08. The van der Waals surface area contributed by atoms with E-state index in [-0.39, 0.29) is 25.1 Å². The summed E-state index contributed by atoms with van der Waals surface area (Å²) in [5.41, 5.74) is 1.98. The molecule has 10 heteroatoms. The number of carbonyl (C=O) groups is 1. The van der Waals surface area contributed by atoms with Gasteiger partial charge >= 0.3 is 5.97 Å². The first-order valence-electron chi connectivity index (χ1n) is 12.2. The number of rotatable bonds is 7. The van der Waals surface area contributed by atoms with Gasteiger partial charge in [0, 0.05) is 0 Å². The maximum Gasteiger partial charge on any atom is 0.338 e. The average molecular weight is 537 g/mol. The molecule has 9 nitrogen and oxygen atoms in total. The molecule has 1 atom stereocenters. The number of thiazole rings is 1. The second kappa shape index (κ2) is 10.4.